The van der Waals surface area contributed by atoms with Gasteiger partial charge in [-0.15, -0.1) is 0 Å². The lowest BCUT2D eigenvalue weighted by atomic mass is 9.98. The Bertz CT molecular complexity index is 1090. The number of nitrogens with one attached hydrogen (secondary N) is 2. The lowest BCUT2D eigenvalue weighted by Gasteiger charge is -2.36. The van der Waals surface area contributed by atoms with Crippen molar-refractivity contribution in [2.24, 2.45) is 4.99 Å². The Labute approximate surface area is 191 Å². The highest BCUT2D eigenvalue weighted by molar-refractivity contribution is 6.46. The molecule has 33 heavy (non-hydrogen) atoms. The summed E-state index contributed by atoms with van der Waals surface area (Å²) in [5.41, 5.74) is 1.59. The predicted octanol–water partition coefficient (Wildman–Crippen LogP) is 1.45. The van der Waals surface area contributed by atoms with Gasteiger partial charge in [-0.05, 0) is 42.0 Å². The number of benzene rings is 2. The first-order valence-electron chi connectivity index (χ1n) is 11.0. The van der Waals surface area contributed by atoms with Crippen molar-refractivity contribution < 1.29 is 23.8 Å². The molecule has 2 aromatic rings. The Kier molecular flexibility index (Phi) is 5.63. The average molecular weight is 450 g/mol. The van der Waals surface area contributed by atoms with Gasteiger partial charge in [0.1, 0.15) is 17.1 Å². The summed E-state index contributed by atoms with van der Waals surface area (Å²) >= 11 is 0. The number of methoxy groups -OCH3 is 1. The van der Waals surface area contributed by atoms with Crippen LogP contribution < -0.4 is 24.8 Å². The number of hydrogen-bond donors (Lipinski definition) is 2. The second-order valence-electron chi connectivity index (χ2n) is 8.42. The zero-order chi connectivity index (χ0) is 22.8. The van der Waals surface area contributed by atoms with Crippen molar-refractivity contribution in [3.8, 4) is 17.2 Å². The molecule has 3 aliphatic rings. The normalized spacial score (nSPS) is 18.7. The third kappa shape index (κ3) is 4.49. The van der Waals surface area contributed by atoms with Crippen molar-refractivity contribution in [3.63, 3.8) is 0 Å². The Morgan fingerprint density at radius 1 is 1.15 bits per heavy atom. The van der Waals surface area contributed by atoms with Crippen LogP contribution in [0.25, 0.3) is 0 Å². The lowest BCUT2D eigenvalue weighted by Crippen LogP contribution is -2.52. The lowest BCUT2D eigenvalue weighted by molar-refractivity contribution is -0.123. The molecule has 0 bridgehead atoms. The molecule has 9 nitrogen and oxygen atoms in total. The molecule has 3 aliphatic heterocycles. The Hall–Kier alpha value is -3.59. The Balaban J connectivity index is 1.13. The first-order chi connectivity index (χ1) is 16.0. The van der Waals surface area contributed by atoms with Gasteiger partial charge in [0.2, 0.25) is 12.7 Å². The number of amides is 2. The molecule has 1 fully saturated rings. The SMILES string of the molecule is COc1ccc(C2=NC3(CCN(CC(=O)NCc4ccc5c(c4)OCO5)CC3)NC2=O)cc1. The first-order valence-corrected chi connectivity index (χ1v) is 11.0. The number of nitrogens with zero attached hydrogens (tertiary/aromatic N) is 2. The summed E-state index contributed by atoms with van der Waals surface area (Å²) in [6.45, 7) is 2.32. The molecule has 0 aliphatic carbocycles. The van der Waals surface area contributed by atoms with Crippen LogP contribution in [0.2, 0.25) is 0 Å². The van der Waals surface area contributed by atoms with Gasteiger partial charge >= 0.3 is 0 Å². The van der Waals surface area contributed by atoms with Gasteiger partial charge in [0.15, 0.2) is 11.5 Å². The van der Waals surface area contributed by atoms with Gasteiger partial charge < -0.3 is 24.8 Å². The highest BCUT2D eigenvalue weighted by Gasteiger charge is 2.42. The molecule has 1 saturated heterocycles. The van der Waals surface area contributed by atoms with E-state index in [1.54, 1.807) is 7.11 Å². The Morgan fingerprint density at radius 2 is 1.91 bits per heavy atom. The maximum atomic E-state index is 12.6. The fourth-order valence-corrected chi connectivity index (χ4v) is 4.34. The van der Waals surface area contributed by atoms with E-state index in [2.05, 4.69) is 15.5 Å². The van der Waals surface area contributed by atoms with Gasteiger partial charge in [-0.25, -0.2) is 0 Å². The molecule has 0 radical (unpaired) electrons. The summed E-state index contributed by atoms with van der Waals surface area (Å²) in [5, 5.41) is 6.02. The van der Waals surface area contributed by atoms with E-state index >= 15 is 0 Å². The minimum Gasteiger partial charge on any atom is -0.497 e. The second-order valence-corrected chi connectivity index (χ2v) is 8.42. The van der Waals surface area contributed by atoms with Crippen LogP contribution in [-0.2, 0) is 16.1 Å². The van der Waals surface area contributed by atoms with E-state index < -0.39 is 5.66 Å². The van der Waals surface area contributed by atoms with Crippen LogP contribution in [0, 0.1) is 0 Å². The van der Waals surface area contributed by atoms with Gasteiger partial charge in [-0.1, -0.05) is 6.07 Å². The number of hydrogen-bond acceptors (Lipinski definition) is 7. The van der Waals surface area contributed by atoms with E-state index in [0.717, 1.165) is 22.6 Å². The van der Waals surface area contributed by atoms with E-state index in [0.29, 0.717) is 50.5 Å². The highest BCUT2D eigenvalue weighted by Crippen LogP contribution is 2.32. The van der Waals surface area contributed by atoms with Gasteiger partial charge in [0, 0.05) is 38.0 Å². The molecular weight excluding hydrogens is 424 g/mol. The molecule has 9 heteroatoms. The largest absolute Gasteiger partial charge is 0.497 e. The van der Waals surface area contributed by atoms with Crippen molar-refractivity contribution in [2.45, 2.75) is 25.0 Å². The minimum atomic E-state index is -0.591. The van der Waals surface area contributed by atoms with Crippen molar-refractivity contribution in [2.75, 3.05) is 33.5 Å². The molecule has 0 aromatic heterocycles. The van der Waals surface area contributed by atoms with Crippen molar-refractivity contribution in [1.82, 2.24) is 15.5 Å². The van der Waals surface area contributed by atoms with Crippen LogP contribution >= 0.6 is 0 Å². The standard InChI is InChI=1S/C24H26N4O5/c1-31-18-5-3-17(4-6-18)22-23(30)27-24(26-22)8-10-28(11-9-24)14-21(29)25-13-16-2-7-19-20(12-16)33-15-32-19/h2-7,12H,8-11,13-15H2,1H3,(H,25,29)(H,27,30). The highest BCUT2D eigenvalue weighted by atomic mass is 16.7. The van der Waals surface area contributed by atoms with Crippen molar-refractivity contribution in [3.05, 3.63) is 53.6 Å². The van der Waals surface area contributed by atoms with Gasteiger partial charge in [-0.3, -0.25) is 19.5 Å². The van der Waals surface area contributed by atoms with Crippen molar-refractivity contribution >= 4 is 17.5 Å². The van der Waals surface area contributed by atoms with Crippen LogP contribution in [0.15, 0.2) is 47.5 Å². The summed E-state index contributed by atoms with van der Waals surface area (Å²) in [5.74, 6) is 1.97. The number of carbonyl (C=O) groups excluding carboxylic acids is 2. The molecule has 5 rings (SSSR count). The van der Waals surface area contributed by atoms with E-state index in [1.807, 2.05) is 42.5 Å². The number of fused-ring (bicyclic) bond motifs is 1. The maximum absolute atomic E-state index is 12.6. The average Bonchev–Trinajstić information content (AvgIpc) is 3.43. The molecule has 2 aromatic carbocycles. The molecule has 0 saturated carbocycles. The zero-order valence-electron chi connectivity index (χ0n) is 18.4. The quantitative estimate of drug-likeness (QED) is 0.691. The molecule has 1 spiro atoms. The van der Waals surface area contributed by atoms with Crippen LogP contribution in [0.5, 0.6) is 17.2 Å². The predicted molar refractivity (Wildman–Crippen MR) is 120 cm³/mol. The third-order valence-corrected chi connectivity index (χ3v) is 6.23. The maximum Gasteiger partial charge on any atom is 0.272 e. The summed E-state index contributed by atoms with van der Waals surface area (Å²) in [7, 11) is 1.61. The Morgan fingerprint density at radius 3 is 2.67 bits per heavy atom. The third-order valence-electron chi connectivity index (χ3n) is 6.23. The first kappa shape index (κ1) is 21.3. The van der Waals surface area contributed by atoms with E-state index in [9.17, 15) is 9.59 Å². The van der Waals surface area contributed by atoms with Crippen LogP contribution in [0.1, 0.15) is 24.0 Å². The molecular formula is C24H26N4O5. The van der Waals surface area contributed by atoms with Gasteiger partial charge in [-0.2, -0.15) is 0 Å². The molecule has 0 atom stereocenters. The van der Waals surface area contributed by atoms with E-state index in [1.165, 1.54) is 0 Å². The van der Waals surface area contributed by atoms with E-state index in [4.69, 9.17) is 19.2 Å². The van der Waals surface area contributed by atoms with Crippen LogP contribution in [-0.4, -0.2) is 61.6 Å². The number of carbonyl (C=O) groups is 2. The molecule has 2 amide bonds. The van der Waals surface area contributed by atoms with Crippen molar-refractivity contribution in [1.29, 1.82) is 0 Å². The number of piperidine rings is 1. The summed E-state index contributed by atoms with van der Waals surface area (Å²) in [6, 6.07) is 13.0. The summed E-state index contributed by atoms with van der Waals surface area (Å²) in [6.07, 6.45) is 1.32. The summed E-state index contributed by atoms with van der Waals surface area (Å²) < 4.78 is 15.9. The number of ether oxygens (including phenoxy) is 3. The molecule has 172 valence electrons. The fraction of sp³-hybridized carbons (Fsp3) is 0.375. The van der Waals surface area contributed by atoms with Gasteiger partial charge in [0.05, 0.1) is 13.7 Å². The topological polar surface area (TPSA) is 101 Å². The minimum absolute atomic E-state index is 0.0403. The van der Waals surface area contributed by atoms with E-state index in [-0.39, 0.29) is 18.6 Å². The zero-order valence-corrected chi connectivity index (χ0v) is 18.4. The van der Waals surface area contributed by atoms with Gasteiger partial charge in [0.25, 0.3) is 5.91 Å². The number of aliphatic imine (C=N–C) groups is 1. The van der Waals surface area contributed by atoms with Crippen LogP contribution in [0.4, 0.5) is 0 Å². The number of likely N-dealkylation sites (tertiary alicyclic amines) is 1. The second kappa shape index (κ2) is 8.74. The molecule has 2 N–H and O–H groups in total. The number of rotatable bonds is 6. The summed E-state index contributed by atoms with van der Waals surface area (Å²) in [4.78, 5) is 31.9. The smallest absolute Gasteiger partial charge is 0.272 e. The fourth-order valence-electron chi connectivity index (χ4n) is 4.34. The monoisotopic (exact) mass is 450 g/mol. The molecule has 0 unspecified atom stereocenters. The molecule has 3 heterocycles. The van der Waals surface area contributed by atoms with Crippen LogP contribution in [0.3, 0.4) is 0 Å².